The highest BCUT2D eigenvalue weighted by atomic mass is 79.9. The predicted molar refractivity (Wildman–Crippen MR) is 76.5 cm³/mol. The van der Waals surface area contributed by atoms with Crippen LogP contribution >= 0.6 is 27.5 Å². The Hall–Kier alpha value is -0.690. The van der Waals surface area contributed by atoms with E-state index in [0.29, 0.717) is 18.7 Å². The number of likely N-dealkylation sites (N-methyl/N-ethyl adjacent to an activating group) is 1. The first-order valence-corrected chi connectivity index (χ1v) is 7.12. The van der Waals surface area contributed by atoms with Gasteiger partial charge in [0.15, 0.2) is 0 Å². The largest absolute Gasteiger partial charge is 0.374 e. The van der Waals surface area contributed by atoms with E-state index in [4.69, 9.17) is 16.3 Å². The summed E-state index contributed by atoms with van der Waals surface area (Å²) in [5.74, 6) is -0.240. The lowest BCUT2D eigenvalue weighted by Crippen LogP contribution is -2.46. The van der Waals surface area contributed by atoms with Crippen molar-refractivity contribution in [3.05, 3.63) is 27.5 Å². The summed E-state index contributed by atoms with van der Waals surface area (Å²) >= 11 is 9.17. The summed E-state index contributed by atoms with van der Waals surface area (Å²) in [5, 5.41) is 3.02. The summed E-state index contributed by atoms with van der Waals surface area (Å²) in [6, 6.07) is 1.65. The minimum atomic E-state index is -0.240. The molecule has 1 N–H and O–H groups in total. The second-order valence-electron chi connectivity index (χ2n) is 4.46. The lowest BCUT2D eigenvalue weighted by molar-refractivity contribution is -0.0175. The molecular formula is C12H15BrClN3O2. The van der Waals surface area contributed by atoms with Crippen LogP contribution in [0.2, 0.25) is 5.15 Å². The molecule has 1 atom stereocenters. The summed E-state index contributed by atoms with van der Waals surface area (Å²) in [6.07, 6.45) is 1.57. The number of halogens is 2. The molecule has 0 bridgehead atoms. The van der Waals surface area contributed by atoms with Gasteiger partial charge in [0.25, 0.3) is 5.91 Å². The molecule has 1 saturated heterocycles. The minimum Gasteiger partial charge on any atom is -0.374 e. The molecule has 1 amide bonds. The van der Waals surface area contributed by atoms with Crippen LogP contribution in [0.4, 0.5) is 0 Å². The summed E-state index contributed by atoms with van der Waals surface area (Å²) in [6.45, 7) is 2.89. The molecule has 1 aliphatic rings. The fraction of sp³-hybridized carbons (Fsp3) is 0.500. The fourth-order valence-electron chi connectivity index (χ4n) is 1.87. The van der Waals surface area contributed by atoms with Crippen molar-refractivity contribution in [2.75, 3.05) is 33.3 Å². The Morgan fingerprint density at radius 3 is 3.26 bits per heavy atom. The highest BCUT2D eigenvalue weighted by molar-refractivity contribution is 9.10. The monoisotopic (exact) mass is 347 g/mol. The van der Waals surface area contributed by atoms with Crippen LogP contribution in [-0.2, 0) is 4.74 Å². The van der Waals surface area contributed by atoms with Crippen LogP contribution < -0.4 is 5.32 Å². The van der Waals surface area contributed by atoms with Crippen LogP contribution in [0.25, 0.3) is 0 Å². The molecule has 1 aromatic rings. The normalized spacial score (nSPS) is 20.3. The maximum Gasteiger partial charge on any atom is 0.254 e. The first kappa shape index (κ1) is 14.7. The molecule has 1 unspecified atom stereocenters. The highest BCUT2D eigenvalue weighted by Crippen LogP contribution is 2.17. The maximum atomic E-state index is 12.0. The molecule has 1 aromatic heterocycles. The van der Waals surface area contributed by atoms with Gasteiger partial charge in [0.1, 0.15) is 5.15 Å². The summed E-state index contributed by atoms with van der Waals surface area (Å²) < 4.78 is 6.29. The van der Waals surface area contributed by atoms with E-state index >= 15 is 0 Å². The van der Waals surface area contributed by atoms with Gasteiger partial charge in [0.05, 0.1) is 18.3 Å². The SMILES string of the molecule is CN1CCOC(CNC(=O)c2cc(Br)cnc2Cl)C1. The number of hydrogen-bond donors (Lipinski definition) is 1. The Bertz CT molecular complexity index is 472. The van der Waals surface area contributed by atoms with Crippen LogP contribution in [0.1, 0.15) is 10.4 Å². The van der Waals surface area contributed by atoms with Crippen molar-refractivity contribution in [2.24, 2.45) is 0 Å². The van der Waals surface area contributed by atoms with Crippen molar-refractivity contribution in [1.29, 1.82) is 0 Å². The van der Waals surface area contributed by atoms with E-state index in [1.165, 1.54) is 0 Å². The van der Waals surface area contributed by atoms with Crippen molar-refractivity contribution in [3.63, 3.8) is 0 Å². The first-order valence-electron chi connectivity index (χ1n) is 5.95. The topological polar surface area (TPSA) is 54.5 Å². The average molecular weight is 349 g/mol. The molecular weight excluding hydrogens is 334 g/mol. The lowest BCUT2D eigenvalue weighted by atomic mass is 10.2. The highest BCUT2D eigenvalue weighted by Gasteiger charge is 2.19. The van der Waals surface area contributed by atoms with Gasteiger partial charge in [-0.2, -0.15) is 0 Å². The Morgan fingerprint density at radius 1 is 1.74 bits per heavy atom. The van der Waals surface area contributed by atoms with Crippen LogP contribution in [0.3, 0.4) is 0 Å². The average Bonchev–Trinajstić information content (AvgIpc) is 2.39. The quantitative estimate of drug-likeness (QED) is 0.842. The number of rotatable bonds is 3. The minimum absolute atomic E-state index is 0.0154. The van der Waals surface area contributed by atoms with Crippen LogP contribution in [0, 0.1) is 0 Å². The summed E-state index contributed by atoms with van der Waals surface area (Å²) in [7, 11) is 2.03. The Morgan fingerprint density at radius 2 is 2.53 bits per heavy atom. The number of aromatic nitrogens is 1. The molecule has 0 aromatic carbocycles. The van der Waals surface area contributed by atoms with Crippen molar-refractivity contribution in [2.45, 2.75) is 6.10 Å². The summed E-state index contributed by atoms with van der Waals surface area (Å²) in [5.41, 5.74) is 0.361. The van der Waals surface area contributed by atoms with E-state index in [9.17, 15) is 4.79 Å². The fourth-order valence-corrected chi connectivity index (χ4v) is 2.39. The van der Waals surface area contributed by atoms with Gasteiger partial charge in [-0.25, -0.2) is 4.98 Å². The molecule has 5 nitrogen and oxygen atoms in total. The van der Waals surface area contributed by atoms with Crippen LogP contribution in [0.15, 0.2) is 16.7 Å². The van der Waals surface area contributed by atoms with Gasteiger partial charge in [-0.15, -0.1) is 0 Å². The van der Waals surface area contributed by atoms with Gasteiger partial charge in [-0.05, 0) is 29.0 Å². The van der Waals surface area contributed by atoms with Gasteiger partial charge in [0.2, 0.25) is 0 Å². The van der Waals surface area contributed by atoms with Gasteiger partial charge in [0, 0.05) is 30.3 Å². The molecule has 7 heteroatoms. The number of hydrogen-bond acceptors (Lipinski definition) is 4. The zero-order chi connectivity index (χ0) is 13.8. The van der Waals surface area contributed by atoms with Gasteiger partial charge >= 0.3 is 0 Å². The third-order valence-corrected chi connectivity index (χ3v) is 3.62. The lowest BCUT2D eigenvalue weighted by Gasteiger charge is -2.30. The Balaban J connectivity index is 1.92. The second kappa shape index (κ2) is 6.65. The predicted octanol–water partition coefficient (Wildman–Crippen LogP) is 1.56. The number of ether oxygens (including phenoxy) is 1. The molecule has 0 spiro atoms. The molecule has 2 heterocycles. The molecule has 19 heavy (non-hydrogen) atoms. The molecule has 0 aliphatic carbocycles. The van der Waals surface area contributed by atoms with E-state index < -0.39 is 0 Å². The third kappa shape index (κ3) is 4.14. The third-order valence-electron chi connectivity index (χ3n) is 2.88. The molecule has 2 rings (SSSR count). The standard InChI is InChI=1S/C12H15BrClN3O2/c1-17-2-3-19-9(7-17)6-16-12(18)10-4-8(13)5-15-11(10)14/h4-5,9H,2-3,6-7H2,1H3,(H,16,18). The number of morpholine rings is 1. The zero-order valence-electron chi connectivity index (χ0n) is 10.5. The van der Waals surface area contributed by atoms with Crippen molar-refractivity contribution in [3.8, 4) is 0 Å². The maximum absolute atomic E-state index is 12.0. The zero-order valence-corrected chi connectivity index (χ0v) is 12.9. The van der Waals surface area contributed by atoms with Gasteiger partial charge < -0.3 is 15.0 Å². The molecule has 1 aliphatic heterocycles. The molecule has 0 saturated carbocycles. The van der Waals surface area contributed by atoms with E-state index in [0.717, 1.165) is 17.6 Å². The van der Waals surface area contributed by atoms with Crippen molar-refractivity contribution >= 4 is 33.4 Å². The van der Waals surface area contributed by atoms with E-state index in [1.807, 2.05) is 7.05 Å². The van der Waals surface area contributed by atoms with Crippen molar-refractivity contribution < 1.29 is 9.53 Å². The van der Waals surface area contributed by atoms with Crippen LogP contribution in [0.5, 0.6) is 0 Å². The number of carbonyl (C=O) groups excluding carboxylic acids is 1. The molecule has 0 radical (unpaired) electrons. The molecule has 1 fully saturated rings. The van der Waals surface area contributed by atoms with Gasteiger partial charge in [-0.1, -0.05) is 11.6 Å². The van der Waals surface area contributed by atoms with Crippen molar-refractivity contribution in [1.82, 2.24) is 15.2 Å². The van der Waals surface area contributed by atoms with E-state index in [-0.39, 0.29) is 17.2 Å². The Labute approximate surface area is 125 Å². The number of pyridine rings is 1. The van der Waals surface area contributed by atoms with E-state index in [1.54, 1.807) is 12.3 Å². The first-order chi connectivity index (χ1) is 9.06. The Kier molecular flexibility index (Phi) is 5.15. The molecule has 104 valence electrons. The smallest absolute Gasteiger partial charge is 0.254 e. The van der Waals surface area contributed by atoms with Crippen LogP contribution in [-0.4, -0.2) is 55.2 Å². The number of carbonyl (C=O) groups is 1. The summed E-state index contributed by atoms with van der Waals surface area (Å²) in [4.78, 5) is 18.1. The van der Waals surface area contributed by atoms with E-state index in [2.05, 4.69) is 31.1 Å². The number of amides is 1. The number of nitrogens with zero attached hydrogens (tertiary/aromatic N) is 2. The second-order valence-corrected chi connectivity index (χ2v) is 5.73. The number of nitrogens with one attached hydrogen (secondary N) is 1. The van der Waals surface area contributed by atoms with Gasteiger partial charge in [-0.3, -0.25) is 4.79 Å².